The molecule has 1 aromatic rings. The molecule has 41 valence electrons. The van der Waals surface area contributed by atoms with Crippen LogP contribution in [-0.4, -0.2) is 0 Å². The highest BCUT2D eigenvalue weighted by molar-refractivity contribution is 5.49. The van der Waals surface area contributed by atoms with E-state index in [1.165, 1.54) is 0 Å². The summed E-state index contributed by atoms with van der Waals surface area (Å²) in [6.45, 7) is 0. The predicted octanol–water partition coefficient (Wildman–Crippen LogP) is 0.651. The summed E-state index contributed by atoms with van der Waals surface area (Å²) in [6.07, 6.45) is 0. The fourth-order valence-corrected chi connectivity index (χ4v) is 0.503. The Morgan fingerprint density at radius 3 is 2.50 bits per heavy atom. The molecule has 0 aliphatic carbocycles. The quantitative estimate of drug-likeness (QED) is 0.478. The summed E-state index contributed by atoms with van der Waals surface area (Å²) >= 11 is 0. The van der Waals surface area contributed by atoms with Gasteiger partial charge in [0.05, 0.1) is 0 Å². The van der Waals surface area contributed by atoms with Gasteiger partial charge >= 0.3 is 0 Å². The minimum absolute atomic E-state index is 0.588. The van der Waals surface area contributed by atoms with Crippen molar-refractivity contribution in [1.82, 2.24) is 0 Å². The van der Waals surface area contributed by atoms with Crippen molar-refractivity contribution in [2.24, 2.45) is 0 Å². The number of hydrogen-bond acceptors (Lipinski definition) is 2. The van der Waals surface area contributed by atoms with Crippen molar-refractivity contribution in [2.45, 2.75) is 0 Å². The van der Waals surface area contributed by atoms with E-state index in [1.807, 2.05) is 0 Å². The van der Waals surface area contributed by atoms with Crippen molar-refractivity contribution in [3.63, 3.8) is 0 Å². The topological polar surface area (TPSA) is 52.0 Å². The molecule has 0 saturated carbocycles. The van der Waals surface area contributed by atoms with Gasteiger partial charge in [-0.25, -0.2) is 0 Å². The molecule has 1 rings (SSSR count). The van der Waals surface area contributed by atoms with E-state index in [1.54, 1.807) is 18.2 Å². The van der Waals surface area contributed by atoms with Gasteiger partial charge in [0.1, 0.15) is 0 Å². The average Bonchev–Trinajstić information content (AvgIpc) is 1.64. The maximum atomic E-state index is 5.36. The summed E-state index contributed by atoms with van der Waals surface area (Å²) in [4.78, 5) is 0. The van der Waals surface area contributed by atoms with Gasteiger partial charge in [0.15, 0.2) is 0 Å². The largest absolute Gasteiger partial charge is 0.399 e. The first-order valence-electron chi connectivity index (χ1n) is 2.32. The molecular formula is C6H7N2. The SMILES string of the molecule is Nc1[c]ccc(N)c1. The molecule has 0 aromatic heterocycles. The van der Waals surface area contributed by atoms with Gasteiger partial charge in [-0.3, -0.25) is 0 Å². The highest BCUT2D eigenvalue weighted by Crippen LogP contribution is 2.05. The van der Waals surface area contributed by atoms with Crippen molar-refractivity contribution in [1.29, 1.82) is 0 Å². The molecule has 0 aliphatic heterocycles. The molecule has 0 bridgehead atoms. The fourth-order valence-electron chi connectivity index (χ4n) is 0.503. The normalized spacial score (nSPS) is 9.00. The number of nitrogen functional groups attached to an aromatic ring is 2. The molecule has 1 radical (unpaired) electrons. The van der Waals surface area contributed by atoms with Gasteiger partial charge in [-0.15, -0.1) is 0 Å². The van der Waals surface area contributed by atoms with Crippen LogP contribution in [0.1, 0.15) is 0 Å². The Hall–Kier alpha value is -1.18. The van der Waals surface area contributed by atoms with E-state index in [-0.39, 0.29) is 0 Å². The van der Waals surface area contributed by atoms with Crippen LogP contribution in [0.25, 0.3) is 0 Å². The third-order valence-electron chi connectivity index (χ3n) is 0.848. The molecule has 0 spiro atoms. The first kappa shape index (κ1) is 4.97. The molecule has 8 heavy (non-hydrogen) atoms. The maximum Gasteiger partial charge on any atom is 0.0415 e. The zero-order valence-electron chi connectivity index (χ0n) is 4.39. The molecule has 0 amide bonds. The lowest BCUT2D eigenvalue weighted by Crippen LogP contribution is -1.87. The lowest BCUT2D eigenvalue weighted by molar-refractivity contribution is 1.65. The highest BCUT2D eigenvalue weighted by Gasteiger charge is 1.82. The van der Waals surface area contributed by atoms with Crippen LogP contribution < -0.4 is 11.5 Å². The van der Waals surface area contributed by atoms with Crippen LogP contribution in [0.4, 0.5) is 11.4 Å². The van der Waals surface area contributed by atoms with Crippen molar-refractivity contribution in [3.8, 4) is 0 Å². The Bertz CT molecular complexity index is 166. The predicted molar refractivity (Wildman–Crippen MR) is 34.1 cm³/mol. The third-order valence-corrected chi connectivity index (χ3v) is 0.848. The van der Waals surface area contributed by atoms with E-state index in [9.17, 15) is 0 Å². The van der Waals surface area contributed by atoms with E-state index in [2.05, 4.69) is 6.07 Å². The number of benzene rings is 1. The Labute approximate surface area is 48.1 Å². The third kappa shape index (κ3) is 0.904. The van der Waals surface area contributed by atoms with Crippen LogP contribution in [-0.2, 0) is 0 Å². The molecule has 0 saturated heterocycles. The molecule has 2 heteroatoms. The zero-order valence-corrected chi connectivity index (χ0v) is 4.39. The summed E-state index contributed by atoms with van der Waals surface area (Å²) in [5.41, 5.74) is 12.0. The molecule has 1 aromatic carbocycles. The van der Waals surface area contributed by atoms with Crippen LogP contribution in [0.2, 0.25) is 0 Å². The molecule has 2 nitrogen and oxygen atoms in total. The summed E-state index contributed by atoms with van der Waals surface area (Å²) in [5, 5.41) is 0. The molecule has 0 heterocycles. The fraction of sp³-hybridized carbons (Fsp3) is 0. The molecular weight excluding hydrogens is 100 g/mol. The summed E-state index contributed by atoms with van der Waals surface area (Å²) in [5.74, 6) is 0. The Morgan fingerprint density at radius 1 is 1.38 bits per heavy atom. The van der Waals surface area contributed by atoms with E-state index < -0.39 is 0 Å². The Morgan fingerprint density at radius 2 is 2.12 bits per heavy atom. The van der Waals surface area contributed by atoms with Gasteiger partial charge in [0.2, 0.25) is 0 Å². The van der Waals surface area contributed by atoms with Gasteiger partial charge < -0.3 is 11.5 Å². The van der Waals surface area contributed by atoms with Gasteiger partial charge in [-0.1, -0.05) is 6.07 Å². The van der Waals surface area contributed by atoms with Crippen LogP contribution in [0, 0.1) is 6.07 Å². The lowest BCUT2D eigenvalue weighted by atomic mass is 10.3. The standard InChI is InChI=1S/C6H7N2/c7-5-2-1-3-6(8)4-5/h1-2,4H,7-8H2. The Kier molecular flexibility index (Phi) is 1.08. The second-order valence-electron chi connectivity index (χ2n) is 1.58. The van der Waals surface area contributed by atoms with Gasteiger partial charge in [0.25, 0.3) is 0 Å². The molecule has 0 atom stereocenters. The summed E-state index contributed by atoms with van der Waals surface area (Å²) < 4.78 is 0. The lowest BCUT2D eigenvalue weighted by Gasteiger charge is -1.90. The van der Waals surface area contributed by atoms with Crippen LogP contribution in [0.3, 0.4) is 0 Å². The molecule has 0 fully saturated rings. The average molecular weight is 107 g/mol. The van der Waals surface area contributed by atoms with E-state index in [0.717, 1.165) is 0 Å². The Balaban J connectivity index is 3.08. The number of rotatable bonds is 0. The highest BCUT2D eigenvalue weighted by atomic mass is 14.6. The van der Waals surface area contributed by atoms with E-state index in [4.69, 9.17) is 11.5 Å². The summed E-state index contributed by atoms with van der Waals surface area (Å²) in [7, 11) is 0. The monoisotopic (exact) mass is 107 g/mol. The van der Waals surface area contributed by atoms with Crippen molar-refractivity contribution >= 4 is 11.4 Å². The van der Waals surface area contributed by atoms with Crippen LogP contribution in [0.5, 0.6) is 0 Å². The summed E-state index contributed by atoms with van der Waals surface area (Å²) in [6, 6.07) is 7.88. The number of hydrogen-bond donors (Lipinski definition) is 2. The smallest absolute Gasteiger partial charge is 0.0415 e. The number of anilines is 2. The second-order valence-corrected chi connectivity index (χ2v) is 1.58. The number of nitrogens with two attached hydrogens (primary N) is 2. The molecule has 0 unspecified atom stereocenters. The first-order valence-corrected chi connectivity index (χ1v) is 2.32. The van der Waals surface area contributed by atoms with E-state index in [0.29, 0.717) is 11.4 Å². The molecule has 4 N–H and O–H groups in total. The van der Waals surface area contributed by atoms with Gasteiger partial charge in [-0.05, 0) is 12.1 Å². The minimum Gasteiger partial charge on any atom is -0.399 e. The maximum absolute atomic E-state index is 5.36. The van der Waals surface area contributed by atoms with Crippen molar-refractivity contribution in [2.75, 3.05) is 11.5 Å². The van der Waals surface area contributed by atoms with Crippen LogP contribution in [0.15, 0.2) is 18.2 Å². The van der Waals surface area contributed by atoms with E-state index >= 15 is 0 Å². The zero-order chi connectivity index (χ0) is 5.98. The first-order chi connectivity index (χ1) is 3.79. The van der Waals surface area contributed by atoms with Gasteiger partial charge in [0, 0.05) is 17.4 Å². The second kappa shape index (κ2) is 1.74. The van der Waals surface area contributed by atoms with Crippen LogP contribution >= 0.6 is 0 Å². The molecule has 0 aliphatic rings. The van der Waals surface area contributed by atoms with Crippen molar-refractivity contribution < 1.29 is 0 Å². The van der Waals surface area contributed by atoms with Crippen molar-refractivity contribution in [3.05, 3.63) is 24.3 Å². The minimum atomic E-state index is 0.588. The van der Waals surface area contributed by atoms with Gasteiger partial charge in [-0.2, -0.15) is 0 Å².